The summed E-state index contributed by atoms with van der Waals surface area (Å²) in [7, 11) is 0. The van der Waals surface area contributed by atoms with Gasteiger partial charge in [-0.15, -0.1) is 11.3 Å². The maximum absolute atomic E-state index is 5.96. The zero-order chi connectivity index (χ0) is 11.1. The second-order valence-electron chi connectivity index (χ2n) is 4.27. The van der Waals surface area contributed by atoms with Crippen LogP contribution in [-0.2, 0) is 6.42 Å². The fraction of sp³-hybridized carbons (Fsp3) is 0.727. The summed E-state index contributed by atoms with van der Waals surface area (Å²) in [6.07, 6.45) is 3.95. The van der Waals surface area contributed by atoms with Crippen LogP contribution in [0.5, 0.6) is 0 Å². The van der Waals surface area contributed by atoms with Gasteiger partial charge >= 0.3 is 0 Å². The van der Waals surface area contributed by atoms with Crippen LogP contribution in [0, 0.1) is 5.92 Å². The molecule has 1 aromatic rings. The normalized spacial score (nSPS) is 13.3. The Morgan fingerprint density at radius 2 is 2.33 bits per heavy atom. The Morgan fingerprint density at radius 1 is 1.53 bits per heavy atom. The fourth-order valence-electron chi connectivity index (χ4n) is 1.55. The molecule has 0 aliphatic heterocycles. The minimum atomic E-state index is 0.279. The maximum Gasteiger partial charge on any atom is 0.0937 e. The second kappa shape index (κ2) is 6.93. The number of nitrogens with one attached hydrogen (secondary N) is 1. The summed E-state index contributed by atoms with van der Waals surface area (Å²) >= 11 is 1.71. The van der Waals surface area contributed by atoms with Crippen LogP contribution >= 0.6 is 11.3 Å². The lowest BCUT2D eigenvalue weighted by molar-refractivity contribution is 0.469. The van der Waals surface area contributed by atoms with Gasteiger partial charge in [-0.05, 0) is 12.3 Å². The van der Waals surface area contributed by atoms with Crippen LogP contribution in [0.1, 0.15) is 25.3 Å². The zero-order valence-electron chi connectivity index (χ0n) is 9.57. The van der Waals surface area contributed by atoms with Crippen LogP contribution in [0.2, 0.25) is 0 Å². The Kier molecular flexibility index (Phi) is 5.83. The summed E-state index contributed by atoms with van der Waals surface area (Å²) in [5.74, 6) is 0.681. The Balaban J connectivity index is 2.01. The van der Waals surface area contributed by atoms with Crippen LogP contribution < -0.4 is 11.1 Å². The van der Waals surface area contributed by atoms with E-state index in [9.17, 15) is 0 Å². The second-order valence-corrected chi connectivity index (χ2v) is 5.25. The van der Waals surface area contributed by atoms with Crippen LogP contribution in [0.3, 0.4) is 0 Å². The molecular weight excluding hydrogens is 206 g/mol. The first-order valence-electron chi connectivity index (χ1n) is 5.53. The Hall–Kier alpha value is -0.450. The minimum Gasteiger partial charge on any atom is -0.327 e. The van der Waals surface area contributed by atoms with Crippen molar-refractivity contribution in [2.45, 2.75) is 32.7 Å². The largest absolute Gasteiger partial charge is 0.327 e. The molecule has 0 saturated heterocycles. The van der Waals surface area contributed by atoms with E-state index >= 15 is 0 Å². The van der Waals surface area contributed by atoms with Crippen molar-refractivity contribution in [3.05, 3.63) is 16.6 Å². The van der Waals surface area contributed by atoms with Crippen molar-refractivity contribution in [1.29, 1.82) is 0 Å². The summed E-state index contributed by atoms with van der Waals surface area (Å²) in [4.78, 5) is 4.23. The average Bonchev–Trinajstić information content (AvgIpc) is 2.63. The first kappa shape index (κ1) is 12.6. The molecule has 15 heavy (non-hydrogen) atoms. The molecule has 0 fully saturated rings. The minimum absolute atomic E-state index is 0.279. The molecule has 1 heterocycles. The molecule has 0 aromatic carbocycles. The van der Waals surface area contributed by atoms with Crippen LogP contribution in [-0.4, -0.2) is 24.1 Å². The fourth-order valence-corrected chi connectivity index (χ4v) is 2.17. The maximum atomic E-state index is 5.96. The molecular formula is C11H21N3S. The van der Waals surface area contributed by atoms with Gasteiger partial charge in [-0.25, -0.2) is 4.98 Å². The highest BCUT2D eigenvalue weighted by Crippen LogP contribution is 2.04. The molecule has 0 aliphatic carbocycles. The standard InChI is InChI=1S/C11H21N3S/c1-9(2)7-10(12)8-13-4-3-11-14-5-6-15-11/h5-6,9-10,13H,3-4,7-8,12H2,1-2H3. The number of rotatable bonds is 7. The lowest BCUT2D eigenvalue weighted by Gasteiger charge is -2.14. The van der Waals surface area contributed by atoms with Gasteiger partial charge in [-0.1, -0.05) is 13.8 Å². The van der Waals surface area contributed by atoms with Crippen LogP contribution in [0.25, 0.3) is 0 Å². The molecule has 0 radical (unpaired) electrons. The molecule has 0 amide bonds. The number of nitrogens with zero attached hydrogens (tertiary/aromatic N) is 1. The van der Waals surface area contributed by atoms with E-state index in [1.54, 1.807) is 11.3 Å². The number of hydrogen-bond acceptors (Lipinski definition) is 4. The van der Waals surface area contributed by atoms with Crippen molar-refractivity contribution < 1.29 is 0 Å². The molecule has 4 heteroatoms. The predicted molar refractivity (Wildman–Crippen MR) is 66.1 cm³/mol. The first-order chi connectivity index (χ1) is 7.18. The molecule has 0 saturated carbocycles. The molecule has 1 aromatic heterocycles. The smallest absolute Gasteiger partial charge is 0.0937 e. The predicted octanol–water partition coefficient (Wildman–Crippen LogP) is 1.65. The number of thiazole rings is 1. The van der Waals surface area contributed by atoms with Crippen molar-refractivity contribution in [2.24, 2.45) is 11.7 Å². The van der Waals surface area contributed by atoms with Gasteiger partial charge in [0.1, 0.15) is 0 Å². The summed E-state index contributed by atoms with van der Waals surface area (Å²) < 4.78 is 0. The van der Waals surface area contributed by atoms with E-state index in [-0.39, 0.29) is 6.04 Å². The molecule has 0 aliphatic rings. The van der Waals surface area contributed by atoms with Crippen molar-refractivity contribution in [3.8, 4) is 0 Å². The summed E-state index contributed by atoms with van der Waals surface area (Å²) in [5.41, 5.74) is 5.96. The first-order valence-corrected chi connectivity index (χ1v) is 6.41. The van der Waals surface area contributed by atoms with Gasteiger partial charge in [0.05, 0.1) is 5.01 Å². The SMILES string of the molecule is CC(C)CC(N)CNCCc1nccs1. The van der Waals surface area contributed by atoms with Crippen LogP contribution in [0.15, 0.2) is 11.6 Å². The highest BCUT2D eigenvalue weighted by Gasteiger charge is 2.04. The molecule has 0 spiro atoms. The molecule has 3 N–H and O–H groups in total. The van der Waals surface area contributed by atoms with E-state index in [0.717, 1.165) is 25.9 Å². The molecule has 0 bridgehead atoms. The van der Waals surface area contributed by atoms with Crippen molar-refractivity contribution in [3.63, 3.8) is 0 Å². The lowest BCUT2D eigenvalue weighted by Crippen LogP contribution is -2.35. The highest BCUT2D eigenvalue weighted by atomic mass is 32.1. The number of aromatic nitrogens is 1. The Labute approximate surface area is 96.1 Å². The third-order valence-corrected chi connectivity index (χ3v) is 3.02. The topological polar surface area (TPSA) is 50.9 Å². The number of hydrogen-bond donors (Lipinski definition) is 2. The van der Waals surface area contributed by atoms with Crippen molar-refractivity contribution in [2.75, 3.05) is 13.1 Å². The molecule has 1 atom stereocenters. The molecule has 1 unspecified atom stereocenters. The third kappa shape index (κ3) is 5.87. The molecule has 86 valence electrons. The monoisotopic (exact) mass is 227 g/mol. The van der Waals surface area contributed by atoms with Gasteiger partial charge in [-0.3, -0.25) is 0 Å². The summed E-state index contributed by atoms with van der Waals surface area (Å²) in [5, 5.41) is 6.58. The van der Waals surface area contributed by atoms with E-state index in [2.05, 4.69) is 24.1 Å². The molecule has 3 nitrogen and oxygen atoms in total. The van der Waals surface area contributed by atoms with Gasteiger partial charge in [0.25, 0.3) is 0 Å². The van der Waals surface area contributed by atoms with Gasteiger partial charge in [0, 0.05) is 37.1 Å². The summed E-state index contributed by atoms with van der Waals surface area (Å²) in [6.45, 7) is 6.29. The zero-order valence-corrected chi connectivity index (χ0v) is 10.4. The van der Waals surface area contributed by atoms with Gasteiger partial charge in [0.2, 0.25) is 0 Å². The van der Waals surface area contributed by atoms with E-state index in [1.165, 1.54) is 5.01 Å². The Morgan fingerprint density at radius 3 is 2.93 bits per heavy atom. The lowest BCUT2D eigenvalue weighted by atomic mass is 10.0. The van der Waals surface area contributed by atoms with Gasteiger partial charge in [0.15, 0.2) is 0 Å². The van der Waals surface area contributed by atoms with E-state index < -0.39 is 0 Å². The van der Waals surface area contributed by atoms with Crippen LogP contribution in [0.4, 0.5) is 0 Å². The third-order valence-electron chi connectivity index (χ3n) is 2.18. The van der Waals surface area contributed by atoms with E-state index in [0.29, 0.717) is 5.92 Å². The van der Waals surface area contributed by atoms with Gasteiger partial charge < -0.3 is 11.1 Å². The van der Waals surface area contributed by atoms with Gasteiger partial charge in [-0.2, -0.15) is 0 Å². The Bertz CT molecular complexity index is 246. The molecule has 1 rings (SSSR count). The quantitative estimate of drug-likeness (QED) is 0.696. The average molecular weight is 227 g/mol. The highest BCUT2D eigenvalue weighted by molar-refractivity contribution is 7.09. The summed E-state index contributed by atoms with van der Waals surface area (Å²) in [6, 6.07) is 0.279. The van der Waals surface area contributed by atoms with Crippen molar-refractivity contribution in [1.82, 2.24) is 10.3 Å². The van der Waals surface area contributed by atoms with Crippen molar-refractivity contribution >= 4 is 11.3 Å². The van der Waals surface area contributed by atoms with E-state index in [1.807, 2.05) is 11.6 Å². The number of nitrogens with two attached hydrogens (primary N) is 1. The van der Waals surface area contributed by atoms with E-state index in [4.69, 9.17) is 5.73 Å².